The van der Waals surface area contributed by atoms with Gasteiger partial charge in [-0.3, -0.25) is 4.90 Å². The van der Waals surface area contributed by atoms with Crippen molar-refractivity contribution in [3.63, 3.8) is 0 Å². The monoisotopic (exact) mass is 367 g/mol. The van der Waals surface area contributed by atoms with Gasteiger partial charge >= 0.3 is 0 Å². The van der Waals surface area contributed by atoms with E-state index in [1.807, 2.05) is 19.1 Å². The number of anilines is 1. The molecule has 1 fully saturated rings. The van der Waals surface area contributed by atoms with Crippen LogP contribution in [0.2, 0.25) is 0 Å². The fraction of sp³-hybridized carbons (Fsp3) is 0.400. The number of nitrogens with zero attached hydrogens (tertiary/aromatic N) is 4. The fourth-order valence-electron chi connectivity index (χ4n) is 3.77. The highest BCUT2D eigenvalue weighted by atomic mass is 32.2. The van der Waals surface area contributed by atoms with Crippen LogP contribution < -0.4 is 5.73 Å². The molecule has 1 aromatic carbocycles. The maximum Gasteiger partial charge on any atom is 0.157 e. The Morgan fingerprint density at radius 3 is 2.81 bits per heavy atom. The van der Waals surface area contributed by atoms with Crippen LogP contribution in [-0.2, 0) is 6.54 Å². The molecule has 1 aliphatic rings. The second kappa shape index (κ2) is 7.29. The van der Waals surface area contributed by atoms with Gasteiger partial charge in [0.25, 0.3) is 0 Å². The Morgan fingerprint density at radius 2 is 2.04 bits per heavy atom. The van der Waals surface area contributed by atoms with Gasteiger partial charge in [-0.05, 0) is 50.3 Å². The lowest BCUT2D eigenvalue weighted by atomic mass is 9.94. The number of aryl methyl sites for hydroxylation is 1. The van der Waals surface area contributed by atoms with Gasteiger partial charge in [-0.2, -0.15) is 9.61 Å². The molecule has 0 aliphatic carbocycles. The molecule has 1 saturated heterocycles. The molecule has 0 saturated carbocycles. The average Bonchev–Trinajstić information content (AvgIpc) is 3.03. The Hall–Kier alpha value is -2.05. The molecule has 3 heterocycles. The predicted octanol–water partition coefficient (Wildman–Crippen LogP) is 3.72. The van der Waals surface area contributed by atoms with E-state index >= 15 is 0 Å². The molecule has 3 aromatic rings. The zero-order valence-electron chi connectivity index (χ0n) is 15.4. The average molecular weight is 368 g/mol. The molecule has 136 valence electrons. The molecular formula is C20H25N5S. The SMILES string of the molecule is CSc1ccc(CN2CCCC(c3cc(N)n4nc(C)cc4n3)C2)cc1. The van der Waals surface area contributed by atoms with Crippen LogP contribution in [0, 0.1) is 6.92 Å². The Kier molecular flexibility index (Phi) is 4.87. The molecule has 6 heteroatoms. The number of benzene rings is 1. The van der Waals surface area contributed by atoms with Crippen molar-refractivity contribution in [3.8, 4) is 0 Å². The van der Waals surface area contributed by atoms with Crippen LogP contribution in [0.4, 0.5) is 5.82 Å². The summed E-state index contributed by atoms with van der Waals surface area (Å²) in [7, 11) is 0. The zero-order valence-corrected chi connectivity index (χ0v) is 16.2. The van der Waals surface area contributed by atoms with Crippen LogP contribution in [0.25, 0.3) is 5.65 Å². The maximum atomic E-state index is 6.21. The van der Waals surface area contributed by atoms with Gasteiger partial charge in [0.2, 0.25) is 0 Å². The van der Waals surface area contributed by atoms with E-state index in [2.05, 4.69) is 40.5 Å². The van der Waals surface area contributed by atoms with E-state index in [1.54, 1.807) is 16.3 Å². The standard InChI is InChI=1S/C20H25N5S/c1-14-10-20-22-18(11-19(21)25(20)23-14)16-4-3-9-24(13-16)12-15-5-7-17(26-2)8-6-15/h5-8,10-11,16H,3-4,9,12-13,21H2,1-2H3. The van der Waals surface area contributed by atoms with Gasteiger partial charge in [0, 0.05) is 36.0 Å². The molecular weight excluding hydrogens is 342 g/mol. The normalized spacial score (nSPS) is 18.5. The Labute approximate surface area is 158 Å². The predicted molar refractivity (Wildman–Crippen MR) is 108 cm³/mol. The maximum absolute atomic E-state index is 6.21. The minimum atomic E-state index is 0.428. The summed E-state index contributed by atoms with van der Waals surface area (Å²) in [6.45, 7) is 5.14. The summed E-state index contributed by atoms with van der Waals surface area (Å²) in [6, 6.07) is 12.9. The summed E-state index contributed by atoms with van der Waals surface area (Å²) in [5.41, 5.74) is 10.5. The summed E-state index contributed by atoms with van der Waals surface area (Å²) in [6.07, 6.45) is 4.47. The second-order valence-electron chi connectivity index (χ2n) is 7.08. The summed E-state index contributed by atoms with van der Waals surface area (Å²) < 4.78 is 1.73. The minimum absolute atomic E-state index is 0.428. The van der Waals surface area contributed by atoms with E-state index in [0.717, 1.165) is 43.1 Å². The van der Waals surface area contributed by atoms with Gasteiger partial charge in [-0.25, -0.2) is 4.98 Å². The lowest BCUT2D eigenvalue weighted by molar-refractivity contribution is 0.198. The molecule has 1 atom stereocenters. The van der Waals surface area contributed by atoms with Crippen molar-refractivity contribution >= 4 is 23.2 Å². The first kappa shape index (κ1) is 17.4. The molecule has 0 radical (unpaired) electrons. The number of hydrogen-bond donors (Lipinski definition) is 1. The van der Waals surface area contributed by atoms with Crippen LogP contribution >= 0.6 is 11.8 Å². The van der Waals surface area contributed by atoms with E-state index < -0.39 is 0 Å². The molecule has 0 spiro atoms. The number of likely N-dealkylation sites (tertiary alicyclic amines) is 1. The number of fused-ring (bicyclic) bond motifs is 1. The number of thioether (sulfide) groups is 1. The smallest absolute Gasteiger partial charge is 0.157 e. The number of nitrogen functional groups attached to an aromatic ring is 1. The van der Waals surface area contributed by atoms with Crippen LogP contribution in [0.5, 0.6) is 0 Å². The largest absolute Gasteiger partial charge is 0.384 e. The number of piperidine rings is 1. The number of hydrogen-bond acceptors (Lipinski definition) is 5. The summed E-state index contributed by atoms with van der Waals surface area (Å²) >= 11 is 1.78. The van der Waals surface area contributed by atoms with E-state index in [1.165, 1.54) is 16.9 Å². The van der Waals surface area contributed by atoms with Gasteiger partial charge in [0.15, 0.2) is 5.65 Å². The van der Waals surface area contributed by atoms with Crippen molar-refractivity contribution < 1.29 is 0 Å². The topological polar surface area (TPSA) is 59.5 Å². The van der Waals surface area contributed by atoms with Gasteiger partial charge < -0.3 is 5.73 Å². The molecule has 0 bridgehead atoms. The third-order valence-corrected chi connectivity index (χ3v) is 5.83. The van der Waals surface area contributed by atoms with Crippen LogP contribution in [-0.4, -0.2) is 38.8 Å². The lowest BCUT2D eigenvalue weighted by Gasteiger charge is -2.32. The third-order valence-electron chi connectivity index (χ3n) is 5.09. The first-order valence-corrected chi connectivity index (χ1v) is 10.3. The third kappa shape index (κ3) is 3.57. The van der Waals surface area contributed by atoms with Crippen LogP contribution in [0.1, 0.15) is 35.7 Å². The molecule has 4 rings (SSSR count). The Bertz CT molecular complexity index is 902. The molecule has 1 unspecified atom stereocenters. The van der Waals surface area contributed by atoms with Crippen molar-refractivity contribution in [2.75, 3.05) is 25.1 Å². The number of rotatable bonds is 4. The summed E-state index contributed by atoms with van der Waals surface area (Å²) in [5, 5.41) is 4.40. The second-order valence-corrected chi connectivity index (χ2v) is 7.96. The summed E-state index contributed by atoms with van der Waals surface area (Å²) in [4.78, 5) is 8.68. The molecule has 5 nitrogen and oxygen atoms in total. The van der Waals surface area contributed by atoms with E-state index in [0.29, 0.717) is 11.7 Å². The van der Waals surface area contributed by atoms with Gasteiger partial charge in [-0.1, -0.05) is 12.1 Å². The number of nitrogens with two attached hydrogens (primary N) is 1. The van der Waals surface area contributed by atoms with Crippen molar-refractivity contribution in [3.05, 3.63) is 53.3 Å². The van der Waals surface area contributed by atoms with E-state index in [4.69, 9.17) is 10.7 Å². The van der Waals surface area contributed by atoms with Gasteiger partial charge in [0.05, 0.1) is 11.4 Å². The molecule has 0 amide bonds. The quantitative estimate of drug-likeness (QED) is 0.712. The molecule has 2 aromatic heterocycles. The molecule has 1 aliphatic heterocycles. The van der Waals surface area contributed by atoms with Crippen molar-refractivity contribution in [2.45, 2.75) is 37.1 Å². The number of aromatic nitrogens is 3. The highest BCUT2D eigenvalue weighted by Crippen LogP contribution is 2.28. The Balaban J connectivity index is 1.51. The fourth-order valence-corrected chi connectivity index (χ4v) is 4.18. The lowest BCUT2D eigenvalue weighted by Crippen LogP contribution is -2.34. The molecule has 26 heavy (non-hydrogen) atoms. The first-order valence-electron chi connectivity index (χ1n) is 9.10. The minimum Gasteiger partial charge on any atom is -0.384 e. The zero-order chi connectivity index (χ0) is 18.1. The highest BCUT2D eigenvalue weighted by molar-refractivity contribution is 7.98. The van der Waals surface area contributed by atoms with Crippen molar-refractivity contribution in [1.82, 2.24) is 19.5 Å². The Morgan fingerprint density at radius 1 is 1.23 bits per heavy atom. The van der Waals surface area contributed by atoms with Crippen molar-refractivity contribution in [1.29, 1.82) is 0 Å². The molecule has 2 N–H and O–H groups in total. The van der Waals surface area contributed by atoms with Gasteiger partial charge in [-0.15, -0.1) is 11.8 Å². The van der Waals surface area contributed by atoms with Gasteiger partial charge in [0.1, 0.15) is 5.82 Å². The van der Waals surface area contributed by atoms with Crippen LogP contribution in [0.15, 0.2) is 41.3 Å². The van der Waals surface area contributed by atoms with E-state index in [-0.39, 0.29) is 0 Å². The highest BCUT2D eigenvalue weighted by Gasteiger charge is 2.23. The first-order chi connectivity index (χ1) is 12.6. The summed E-state index contributed by atoms with van der Waals surface area (Å²) in [5.74, 6) is 1.10. The van der Waals surface area contributed by atoms with E-state index in [9.17, 15) is 0 Å². The van der Waals surface area contributed by atoms with Crippen molar-refractivity contribution in [2.24, 2.45) is 0 Å². The van der Waals surface area contributed by atoms with Crippen LogP contribution in [0.3, 0.4) is 0 Å².